The second-order valence-corrected chi connectivity index (χ2v) is 3.22. The molecule has 1 aromatic heterocycles. The SMILES string of the molecule is O=C(O)c1ncc(NC(=O)C(F)(F)F)cc1Cl. The van der Waals surface area contributed by atoms with Crippen LogP contribution in [0.4, 0.5) is 18.9 Å². The molecule has 1 aromatic rings. The van der Waals surface area contributed by atoms with Crippen LogP contribution < -0.4 is 5.32 Å². The molecule has 0 spiro atoms. The molecule has 0 atom stereocenters. The molecule has 2 N–H and O–H groups in total. The maximum Gasteiger partial charge on any atom is 0.471 e. The summed E-state index contributed by atoms with van der Waals surface area (Å²) in [6.45, 7) is 0. The lowest BCUT2D eigenvalue weighted by Crippen LogP contribution is -2.30. The van der Waals surface area contributed by atoms with Gasteiger partial charge in [-0.25, -0.2) is 9.78 Å². The van der Waals surface area contributed by atoms with Crippen LogP contribution in [0.25, 0.3) is 0 Å². The Hall–Kier alpha value is -1.83. The van der Waals surface area contributed by atoms with Gasteiger partial charge in [0.1, 0.15) is 0 Å². The Labute approximate surface area is 97.2 Å². The van der Waals surface area contributed by atoms with Gasteiger partial charge in [-0.05, 0) is 6.07 Å². The van der Waals surface area contributed by atoms with E-state index in [9.17, 15) is 22.8 Å². The number of nitrogens with zero attached hydrogens (tertiary/aromatic N) is 1. The van der Waals surface area contributed by atoms with E-state index < -0.39 is 23.7 Å². The van der Waals surface area contributed by atoms with Crippen molar-refractivity contribution in [1.29, 1.82) is 0 Å². The zero-order valence-electron chi connectivity index (χ0n) is 7.88. The van der Waals surface area contributed by atoms with Crippen LogP contribution in [0.5, 0.6) is 0 Å². The van der Waals surface area contributed by atoms with Gasteiger partial charge in [-0.2, -0.15) is 13.2 Å². The zero-order valence-corrected chi connectivity index (χ0v) is 8.63. The van der Waals surface area contributed by atoms with Crippen molar-refractivity contribution in [1.82, 2.24) is 4.98 Å². The molecule has 0 saturated heterocycles. The van der Waals surface area contributed by atoms with E-state index in [2.05, 4.69) is 4.98 Å². The molecule has 0 aliphatic heterocycles. The third-order valence-electron chi connectivity index (χ3n) is 1.56. The summed E-state index contributed by atoms with van der Waals surface area (Å²) in [5.74, 6) is -3.62. The molecule has 1 rings (SSSR count). The second-order valence-electron chi connectivity index (χ2n) is 2.81. The third-order valence-corrected chi connectivity index (χ3v) is 1.85. The van der Waals surface area contributed by atoms with Crippen molar-refractivity contribution >= 4 is 29.2 Å². The van der Waals surface area contributed by atoms with Gasteiger partial charge in [-0.15, -0.1) is 0 Å². The van der Waals surface area contributed by atoms with Gasteiger partial charge in [0.05, 0.1) is 16.9 Å². The summed E-state index contributed by atoms with van der Waals surface area (Å²) in [5.41, 5.74) is -0.862. The van der Waals surface area contributed by atoms with Crippen molar-refractivity contribution < 1.29 is 27.9 Å². The first-order valence-electron chi connectivity index (χ1n) is 3.99. The van der Waals surface area contributed by atoms with E-state index in [4.69, 9.17) is 16.7 Å². The molecule has 0 saturated carbocycles. The molecule has 1 heterocycles. The molecule has 0 aliphatic rings. The standard InChI is InChI=1S/C8H4ClF3N2O3/c9-4-1-3(2-13-5(4)6(15)16)14-7(17)8(10,11)12/h1-2H,(H,14,17)(H,15,16). The highest BCUT2D eigenvalue weighted by Gasteiger charge is 2.38. The molecule has 0 aromatic carbocycles. The zero-order chi connectivity index (χ0) is 13.2. The number of halogens is 4. The van der Waals surface area contributed by atoms with Crippen molar-refractivity contribution in [2.45, 2.75) is 6.18 Å². The Morgan fingerprint density at radius 3 is 2.41 bits per heavy atom. The van der Waals surface area contributed by atoms with Gasteiger partial charge in [-0.1, -0.05) is 11.6 Å². The number of rotatable bonds is 2. The van der Waals surface area contributed by atoms with E-state index in [0.717, 1.165) is 12.3 Å². The van der Waals surface area contributed by atoms with Crippen LogP contribution >= 0.6 is 11.6 Å². The fraction of sp³-hybridized carbons (Fsp3) is 0.125. The van der Waals surface area contributed by atoms with Gasteiger partial charge in [0.25, 0.3) is 0 Å². The first-order valence-corrected chi connectivity index (χ1v) is 4.36. The van der Waals surface area contributed by atoms with Crippen LogP contribution in [0.2, 0.25) is 5.02 Å². The van der Waals surface area contributed by atoms with E-state index in [0.29, 0.717) is 0 Å². The molecule has 17 heavy (non-hydrogen) atoms. The molecular weight excluding hydrogens is 265 g/mol. The van der Waals surface area contributed by atoms with Gasteiger partial charge < -0.3 is 10.4 Å². The second kappa shape index (κ2) is 4.58. The molecular formula is C8H4ClF3N2O3. The summed E-state index contributed by atoms with van der Waals surface area (Å²) < 4.78 is 35.6. The van der Waals surface area contributed by atoms with E-state index in [1.807, 2.05) is 0 Å². The summed E-state index contributed by atoms with van der Waals surface area (Å²) >= 11 is 5.45. The van der Waals surface area contributed by atoms with Crippen molar-refractivity contribution in [2.75, 3.05) is 5.32 Å². The number of aromatic carboxylic acids is 1. The number of pyridine rings is 1. The van der Waals surface area contributed by atoms with Gasteiger partial charge in [0.2, 0.25) is 0 Å². The topological polar surface area (TPSA) is 79.3 Å². The Kier molecular flexibility index (Phi) is 3.56. The molecule has 92 valence electrons. The van der Waals surface area contributed by atoms with Crippen LogP contribution in [0.1, 0.15) is 10.5 Å². The van der Waals surface area contributed by atoms with E-state index in [1.54, 1.807) is 0 Å². The van der Waals surface area contributed by atoms with Crippen LogP contribution in [-0.2, 0) is 4.79 Å². The highest BCUT2D eigenvalue weighted by atomic mass is 35.5. The van der Waals surface area contributed by atoms with Gasteiger partial charge in [0, 0.05) is 0 Å². The molecule has 0 fully saturated rings. The summed E-state index contributed by atoms with van der Waals surface area (Å²) in [6, 6.07) is 0.863. The minimum Gasteiger partial charge on any atom is -0.476 e. The number of carbonyl (C=O) groups excluding carboxylic acids is 1. The predicted molar refractivity (Wildman–Crippen MR) is 50.9 cm³/mol. The number of alkyl halides is 3. The van der Waals surface area contributed by atoms with E-state index in [1.165, 1.54) is 5.32 Å². The van der Waals surface area contributed by atoms with Crippen LogP contribution in [0.3, 0.4) is 0 Å². The molecule has 1 amide bonds. The highest BCUT2D eigenvalue weighted by molar-refractivity contribution is 6.33. The van der Waals surface area contributed by atoms with E-state index >= 15 is 0 Å². The van der Waals surface area contributed by atoms with Crippen molar-refractivity contribution in [3.05, 3.63) is 23.0 Å². The monoisotopic (exact) mass is 268 g/mol. The predicted octanol–water partition coefficient (Wildman–Crippen LogP) is 1.93. The molecule has 0 radical (unpaired) electrons. The van der Waals surface area contributed by atoms with Crippen LogP contribution in [-0.4, -0.2) is 28.1 Å². The van der Waals surface area contributed by atoms with Gasteiger partial charge >= 0.3 is 18.1 Å². The Bertz CT molecular complexity index is 476. The number of anilines is 1. The van der Waals surface area contributed by atoms with Gasteiger partial charge in [-0.3, -0.25) is 4.79 Å². The minimum absolute atomic E-state index is 0.345. The summed E-state index contributed by atoms with van der Waals surface area (Å²) in [6.07, 6.45) is -4.28. The number of hydrogen-bond donors (Lipinski definition) is 2. The maximum atomic E-state index is 11.9. The number of hydrogen-bond acceptors (Lipinski definition) is 3. The average Bonchev–Trinajstić information content (AvgIpc) is 2.15. The fourth-order valence-corrected chi connectivity index (χ4v) is 1.11. The number of carboxylic acid groups (broad SMARTS) is 1. The van der Waals surface area contributed by atoms with Crippen molar-refractivity contribution in [3.63, 3.8) is 0 Å². The molecule has 0 unspecified atom stereocenters. The van der Waals surface area contributed by atoms with E-state index in [-0.39, 0.29) is 10.7 Å². The molecule has 9 heteroatoms. The number of carbonyl (C=O) groups is 2. The largest absolute Gasteiger partial charge is 0.476 e. The van der Waals surface area contributed by atoms with Crippen LogP contribution in [0, 0.1) is 0 Å². The number of nitrogens with one attached hydrogen (secondary N) is 1. The Morgan fingerprint density at radius 2 is 2.00 bits per heavy atom. The lowest BCUT2D eigenvalue weighted by atomic mass is 10.3. The Balaban J connectivity index is 2.92. The molecule has 5 nitrogen and oxygen atoms in total. The summed E-state index contributed by atoms with van der Waals surface area (Å²) in [7, 11) is 0. The fourth-order valence-electron chi connectivity index (χ4n) is 0.866. The summed E-state index contributed by atoms with van der Waals surface area (Å²) in [4.78, 5) is 24.3. The third kappa shape index (κ3) is 3.31. The quantitative estimate of drug-likeness (QED) is 0.859. The molecule has 0 bridgehead atoms. The number of carboxylic acids is 1. The normalized spacial score (nSPS) is 11.1. The average molecular weight is 269 g/mol. The van der Waals surface area contributed by atoms with Crippen molar-refractivity contribution in [3.8, 4) is 0 Å². The number of amides is 1. The van der Waals surface area contributed by atoms with Crippen molar-refractivity contribution in [2.24, 2.45) is 0 Å². The van der Waals surface area contributed by atoms with Gasteiger partial charge in [0.15, 0.2) is 5.69 Å². The smallest absolute Gasteiger partial charge is 0.471 e. The summed E-state index contributed by atoms with van der Waals surface area (Å²) in [5, 5.41) is 9.66. The first-order chi connectivity index (χ1) is 7.71. The lowest BCUT2D eigenvalue weighted by Gasteiger charge is -2.08. The Morgan fingerprint density at radius 1 is 1.41 bits per heavy atom. The lowest BCUT2D eigenvalue weighted by molar-refractivity contribution is -0.167. The van der Waals surface area contributed by atoms with Crippen LogP contribution in [0.15, 0.2) is 12.3 Å². The minimum atomic E-state index is -5.04. The maximum absolute atomic E-state index is 11.9. The molecule has 0 aliphatic carbocycles. The first kappa shape index (κ1) is 13.2. The highest BCUT2D eigenvalue weighted by Crippen LogP contribution is 2.21. The number of aromatic nitrogens is 1.